The Hall–Kier alpha value is -1.29. The van der Waals surface area contributed by atoms with Gasteiger partial charge in [0, 0.05) is 7.11 Å². The number of hydrogen-bond acceptors (Lipinski definition) is 6. The van der Waals surface area contributed by atoms with Gasteiger partial charge >= 0.3 is 25.6 Å². The molecular weight excluding hydrogens is 224 g/mol. The summed E-state index contributed by atoms with van der Waals surface area (Å²) in [6.45, 7) is 0. The van der Waals surface area contributed by atoms with Crippen LogP contribution in [0, 0.1) is 0 Å². The maximum atomic E-state index is 11.6. The molecule has 0 atom stereocenters. The number of halogens is 3. The van der Waals surface area contributed by atoms with Crippen LogP contribution < -0.4 is 0 Å². The summed E-state index contributed by atoms with van der Waals surface area (Å²) < 4.78 is 50.4. The van der Waals surface area contributed by atoms with E-state index in [4.69, 9.17) is 0 Å². The van der Waals surface area contributed by atoms with E-state index in [1.54, 1.807) is 0 Å². The van der Waals surface area contributed by atoms with E-state index in [9.17, 15) is 22.8 Å². The first-order valence-corrected chi connectivity index (χ1v) is 3.52. The van der Waals surface area contributed by atoms with Gasteiger partial charge < -0.3 is 14.0 Å². The molecule has 1 fully saturated rings. The lowest BCUT2D eigenvalue weighted by molar-refractivity contribution is -0.291. The van der Waals surface area contributed by atoms with Crippen molar-refractivity contribution in [1.82, 2.24) is 0 Å². The van der Waals surface area contributed by atoms with Crippen molar-refractivity contribution in [2.75, 3.05) is 7.11 Å². The van der Waals surface area contributed by atoms with Crippen LogP contribution in [0.4, 0.5) is 13.2 Å². The summed E-state index contributed by atoms with van der Waals surface area (Å²) in [5.74, 6) is -2.61. The highest BCUT2D eigenvalue weighted by molar-refractivity contribution is 6.44. The lowest BCUT2D eigenvalue weighted by atomic mass is 10.1. The topological polar surface area (TPSA) is 71.1 Å². The van der Waals surface area contributed by atoms with E-state index >= 15 is 0 Å². The van der Waals surface area contributed by atoms with Gasteiger partial charge in [-0.3, -0.25) is 14.2 Å². The van der Waals surface area contributed by atoms with Gasteiger partial charge in [0.25, 0.3) is 0 Å². The Labute approximate surface area is 81.4 Å². The molecule has 0 aromatic carbocycles. The molecule has 0 spiro atoms. The van der Waals surface area contributed by atoms with Gasteiger partial charge in [-0.15, -0.1) is 13.2 Å². The molecule has 0 N–H and O–H groups in total. The zero-order valence-electron chi connectivity index (χ0n) is 7.24. The SMILES string of the molecule is COC1C(=O)OB(OC(F)(F)F)OC1=O. The summed E-state index contributed by atoms with van der Waals surface area (Å²) in [6, 6.07) is 0. The highest BCUT2D eigenvalue weighted by atomic mass is 19.4. The van der Waals surface area contributed by atoms with Gasteiger partial charge in [0.05, 0.1) is 0 Å². The smallest absolute Gasteiger partial charge is 0.471 e. The molecule has 0 bridgehead atoms. The lowest BCUT2D eigenvalue weighted by Gasteiger charge is -2.23. The first-order chi connectivity index (χ1) is 6.83. The number of ether oxygens (including phenoxy) is 1. The van der Waals surface area contributed by atoms with E-state index in [1.165, 1.54) is 0 Å². The Morgan fingerprint density at radius 1 is 1.27 bits per heavy atom. The minimum absolute atomic E-state index is 0.998. The highest BCUT2D eigenvalue weighted by Gasteiger charge is 2.51. The number of alkyl halides is 3. The molecule has 1 heterocycles. The van der Waals surface area contributed by atoms with E-state index in [0.717, 1.165) is 7.11 Å². The van der Waals surface area contributed by atoms with Crippen LogP contribution in [0.5, 0.6) is 0 Å². The van der Waals surface area contributed by atoms with Crippen molar-refractivity contribution >= 4 is 19.3 Å². The fourth-order valence-electron chi connectivity index (χ4n) is 0.783. The largest absolute Gasteiger partial charge is 0.798 e. The normalized spacial score (nSPS) is 18.8. The molecule has 0 unspecified atom stereocenters. The molecule has 0 radical (unpaired) electrons. The quantitative estimate of drug-likeness (QED) is 0.474. The fourth-order valence-corrected chi connectivity index (χ4v) is 0.783. The molecule has 1 aliphatic rings. The van der Waals surface area contributed by atoms with Crippen molar-refractivity contribution in [3.05, 3.63) is 0 Å². The van der Waals surface area contributed by atoms with Crippen molar-refractivity contribution in [3.63, 3.8) is 0 Å². The van der Waals surface area contributed by atoms with Crippen molar-refractivity contribution in [2.24, 2.45) is 0 Å². The van der Waals surface area contributed by atoms with E-state index in [1.807, 2.05) is 0 Å². The van der Waals surface area contributed by atoms with E-state index < -0.39 is 31.7 Å². The second-order valence-electron chi connectivity index (χ2n) is 2.34. The van der Waals surface area contributed by atoms with Crippen molar-refractivity contribution < 1.29 is 41.5 Å². The maximum Gasteiger partial charge on any atom is 0.798 e. The van der Waals surface area contributed by atoms with Gasteiger partial charge in [0.2, 0.25) is 6.10 Å². The second kappa shape index (κ2) is 4.07. The molecule has 1 saturated heterocycles. The molecule has 84 valence electrons. The third-order valence-corrected chi connectivity index (χ3v) is 1.32. The Balaban J connectivity index is 2.61. The number of carbonyl (C=O) groups excluding carboxylic acids is 2. The van der Waals surface area contributed by atoms with Crippen LogP contribution in [-0.2, 0) is 28.3 Å². The lowest BCUT2D eigenvalue weighted by Crippen LogP contribution is -2.50. The molecule has 0 saturated carbocycles. The van der Waals surface area contributed by atoms with Crippen LogP contribution in [0.2, 0.25) is 0 Å². The molecule has 0 aliphatic carbocycles. The average Bonchev–Trinajstić information content (AvgIpc) is 1.99. The molecule has 1 rings (SSSR count). The fraction of sp³-hybridized carbons (Fsp3) is 0.600. The van der Waals surface area contributed by atoms with E-state index in [2.05, 4.69) is 18.7 Å². The number of rotatable bonds is 2. The first kappa shape index (κ1) is 11.8. The minimum Gasteiger partial charge on any atom is -0.471 e. The Morgan fingerprint density at radius 3 is 2.07 bits per heavy atom. The zero-order chi connectivity index (χ0) is 11.6. The number of hydrogen-bond donors (Lipinski definition) is 0. The summed E-state index contributed by atoms with van der Waals surface area (Å²) in [5, 5.41) is 0. The van der Waals surface area contributed by atoms with Crippen LogP contribution in [0.1, 0.15) is 0 Å². The average molecular weight is 228 g/mol. The summed E-state index contributed by atoms with van der Waals surface area (Å²) in [5.41, 5.74) is 0. The van der Waals surface area contributed by atoms with Gasteiger partial charge in [0.1, 0.15) is 0 Å². The van der Waals surface area contributed by atoms with Crippen LogP contribution in [-0.4, -0.2) is 38.8 Å². The molecule has 1 aliphatic heterocycles. The van der Waals surface area contributed by atoms with Crippen molar-refractivity contribution in [1.29, 1.82) is 0 Å². The molecule has 6 nitrogen and oxygen atoms in total. The summed E-state index contributed by atoms with van der Waals surface area (Å²) in [6.07, 6.45) is -6.76. The summed E-state index contributed by atoms with van der Waals surface area (Å²) >= 11 is 0. The Kier molecular flexibility index (Phi) is 3.20. The number of methoxy groups -OCH3 is 1. The summed E-state index contributed by atoms with van der Waals surface area (Å²) in [7, 11) is -1.42. The van der Waals surface area contributed by atoms with E-state index in [0.29, 0.717) is 0 Å². The zero-order valence-corrected chi connectivity index (χ0v) is 7.24. The van der Waals surface area contributed by atoms with E-state index in [-0.39, 0.29) is 0 Å². The molecule has 10 heteroatoms. The molecule has 0 aromatic heterocycles. The van der Waals surface area contributed by atoms with Crippen LogP contribution in [0.15, 0.2) is 0 Å². The van der Waals surface area contributed by atoms with Crippen LogP contribution in [0.3, 0.4) is 0 Å². The monoisotopic (exact) mass is 228 g/mol. The number of carbonyl (C=O) groups is 2. The van der Waals surface area contributed by atoms with Gasteiger partial charge in [-0.1, -0.05) is 0 Å². The van der Waals surface area contributed by atoms with Crippen LogP contribution >= 0.6 is 0 Å². The van der Waals surface area contributed by atoms with Gasteiger partial charge in [-0.05, 0) is 0 Å². The molecular formula is C5H4BF3O6. The predicted octanol–water partition coefficient (Wildman–Crippen LogP) is -0.377. The first-order valence-electron chi connectivity index (χ1n) is 3.52. The predicted molar refractivity (Wildman–Crippen MR) is 35.9 cm³/mol. The minimum atomic E-state index is -5.08. The second-order valence-corrected chi connectivity index (χ2v) is 2.34. The summed E-state index contributed by atoms with van der Waals surface area (Å²) in [4.78, 5) is 21.7. The van der Waals surface area contributed by atoms with Crippen molar-refractivity contribution in [3.8, 4) is 0 Å². The van der Waals surface area contributed by atoms with Crippen molar-refractivity contribution in [2.45, 2.75) is 12.5 Å². The third-order valence-electron chi connectivity index (χ3n) is 1.32. The maximum absolute atomic E-state index is 11.6. The molecule has 0 amide bonds. The molecule has 0 aromatic rings. The Morgan fingerprint density at radius 2 is 1.73 bits per heavy atom. The standard InChI is InChI=1S/C5H4BF3O6/c1-12-2-3(10)13-6(14-4(2)11)15-5(7,8)9/h2H,1H3. The highest BCUT2D eigenvalue weighted by Crippen LogP contribution is 2.20. The molecule has 15 heavy (non-hydrogen) atoms. The third kappa shape index (κ3) is 3.10. The van der Waals surface area contributed by atoms with Gasteiger partial charge in [-0.2, -0.15) is 0 Å². The van der Waals surface area contributed by atoms with Gasteiger partial charge in [-0.25, -0.2) is 0 Å². The Bertz CT molecular complexity index is 260. The van der Waals surface area contributed by atoms with Crippen LogP contribution in [0.25, 0.3) is 0 Å². The van der Waals surface area contributed by atoms with Gasteiger partial charge in [0.15, 0.2) is 0 Å².